The number of hydrogen-bond acceptors (Lipinski definition) is 3. The van der Waals surface area contributed by atoms with Crippen LogP contribution >= 0.6 is 11.6 Å². The summed E-state index contributed by atoms with van der Waals surface area (Å²) in [5.74, 6) is 0.211. The van der Waals surface area contributed by atoms with Gasteiger partial charge < -0.3 is 5.73 Å². The molecule has 1 aromatic rings. The molecule has 0 bridgehead atoms. The van der Waals surface area contributed by atoms with Gasteiger partial charge in [-0.05, 0) is 18.2 Å². The van der Waals surface area contributed by atoms with Crippen LogP contribution in [0.1, 0.15) is 18.9 Å². The van der Waals surface area contributed by atoms with Crippen molar-refractivity contribution in [2.45, 2.75) is 13.3 Å². The summed E-state index contributed by atoms with van der Waals surface area (Å²) in [5, 5.41) is 8.21. The summed E-state index contributed by atoms with van der Waals surface area (Å²) in [6.45, 7) is 1.93. The zero-order valence-corrected chi connectivity index (χ0v) is 9.50. The maximum atomic E-state index is 13.6. The van der Waals surface area contributed by atoms with E-state index >= 15 is 0 Å². The molecule has 5 heteroatoms. The lowest BCUT2D eigenvalue weighted by atomic mass is 9.97. The van der Waals surface area contributed by atoms with E-state index in [4.69, 9.17) is 17.3 Å². The van der Waals surface area contributed by atoms with Crippen molar-refractivity contribution in [3.8, 4) is 0 Å². The van der Waals surface area contributed by atoms with E-state index in [9.17, 15) is 4.39 Å². The van der Waals surface area contributed by atoms with Crippen molar-refractivity contribution in [3.05, 3.63) is 34.6 Å². The molecule has 1 aliphatic rings. The van der Waals surface area contributed by atoms with Gasteiger partial charge in [0.05, 0.1) is 5.71 Å². The van der Waals surface area contributed by atoms with Crippen LogP contribution in [0.25, 0.3) is 0 Å². The van der Waals surface area contributed by atoms with E-state index in [1.54, 1.807) is 6.07 Å². The third-order valence-electron chi connectivity index (χ3n) is 2.53. The standard InChI is InChI=1S/C11H11ClFN3/c1-6-4-10(15-16-11(6)14)8-5-7(12)2-3-9(8)13/h2-3,5-6H,4H2,1H3,(H2,14,16). The summed E-state index contributed by atoms with van der Waals surface area (Å²) < 4.78 is 13.6. The van der Waals surface area contributed by atoms with Crippen LogP contribution < -0.4 is 5.73 Å². The van der Waals surface area contributed by atoms with Crippen molar-refractivity contribution in [2.75, 3.05) is 0 Å². The van der Waals surface area contributed by atoms with Gasteiger partial charge in [-0.15, -0.1) is 5.10 Å². The summed E-state index contributed by atoms with van der Waals surface area (Å²) in [6.07, 6.45) is 0.576. The molecule has 2 rings (SSSR count). The van der Waals surface area contributed by atoms with Crippen molar-refractivity contribution >= 4 is 23.1 Å². The molecular weight excluding hydrogens is 229 g/mol. The largest absolute Gasteiger partial charge is 0.385 e. The minimum Gasteiger partial charge on any atom is -0.385 e. The predicted molar refractivity (Wildman–Crippen MR) is 63.4 cm³/mol. The van der Waals surface area contributed by atoms with Crippen molar-refractivity contribution in [3.63, 3.8) is 0 Å². The highest BCUT2D eigenvalue weighted by Gasteiger charge is 2.19. The summed E-state index contributed by atoms with van der Waals surface area (Å²) in [6, 6.07) is 4.39. The topological polar surface area (TPSA) is 50.7 Å². The number of hydrogen-bond donors (Lipinski definition) is 1. The molecule has 1 aliphatic heterocycles. The molecule has 0 saturated heterocycles. The molecule has 2 N–H and O–H groups in total. The maximum Gasteiger partial charge on any atom is 0.132 e. The van der Waals surface area contributed by atoms with Gasteiger partial charge in [0.25, 0.3) is 0 Å². The Morgan fingerprint density at radius 2 is 2.19 bits per heavy atom. The summed E-state index contributed by atoms with van der Waals surface area (Å²) >= 11 is 5.82. The summed E-state index contributed by atoms with van der Waals surface area (Å²) in [5.41, 5.74) is 6.59. The molecule has 3 nitrogen and oxygen atoms in total. The van der Waals surface area contributed by atoms with Crippen molar-refractivity contribution in [2.24, 2.45) is 21.9 Å². The lowest BCUT2D eigenvalue weighted by Gasteiger charge is -2.16. The smallest absolute Gasteiger partial charge is 0.132 e. The molecule has 84 valence electrons. The van der Waals surface area contributed by atoms with Gasteiger partial charge in [0.15, 0.2) is 0 Å². The Hall–Kier alpha value is -1.42. The first-order valence-corrected chi connectivity index (χ1v) is 5.31. The van der Waals surface area contributed by atoms with Gasteiger partial charge in [-0.25, -0.2) is 4.39 Å². The van der Waals surface area contributed by atoms with Crippen LogP contribution in [0.2, 0.25) is 5.02 Å². The molecule has 0 radical (unpaired) electrons. The van der Waals surface area contributed by atoms with Gasteiger partial charge in [-0.1, -0.05) is 18.5 Å². The second-order valence-corrected chi connectivity index (χ2v) is 4.24. The molecule has 0 spiro atoms. The van der Waals surface area contributed by atoms with E-state index in [1.807, 2.05) is 6.92 Å². The molecule has 1 atom stereocenters. The highest BCUT2D eigenvalue weighted by atomic mass is 35.5. The SMILES string of the molecule is CC1CC(c2cc(Cl)ccc2F)=NN=C1N. The van der Waals surface area contributed by atoms with Crippen molar-refractivity contribution < 1.29 is 4.39 Å². The van der Waals surface area contributed by atoms with Crippen LogP contribution in [0.15, 0.2) is 28.4 Å². The predicted octanol–water partition coefficient (Wildman–Crippen LogP) is 2.58. The molecule has 0 amide bonds. The van der Waals surface area contributed by atoms with Crippen LogP contribution in [-0.4, -0.2) is 11.5 Å². The van der Waals surface area contributed by atoms with Crippen LogP contribution in [0.4, 0.5) is 4.39 Å². The van der Waals surface area contributed by atoms with E-state index in [0.717, 1.165) is 0 Å². The fourth-order valence-corrected chi connectivity index (χ4v) is 1.71. The molecule has 1 unspecified atom stereocenters. The zero-order valence-electron chi connectivity index (χ0n) is 8.74. The van der Waals surface area contributed by atoms with Crippen molar-refractivity contribution in [1.82, 2.24) is 0 Å². The molecule has 0 aromatic heterocycles. The monoisotopic (exact) mass is 239 g/mol. The number of rotatable bonds is 1. The second kappa shape index (κ2) is 4.22. The normalized spacial score (nSPS) is 20.3. The van der Waals surface area contributed by atoms with Gasteiger partial charge in [0.2, 0.25) is 0 Å². The average molecular weight is 240 g/mol. The Balaban J connectivity index is 2.42. The highest BCUT2D eigenvalue weighted by Crippen LogP contribution is 2.21. The van der Waals surface area contributed by atoms with Crippen LogP contribution in [0, 0.1) is 11.7 Å². The van der Waals surface area contributed by atoms with Crippen molar-refractivity contribution in [1.29, 1.82) is 0 Å². The number of benzene rings is 1. The Kier molecular flexibility index (Phi) is 2.92. The maximum absolute atomic E-state index is 13.6. The molecule has 0 fully saturated rings. The zero-order chi connectivity index (χ0) is 11.7. The minimum atomic E-state index is -0.342. The van der Waals surface area contributed by atoms with Gasteiger partial charge >= 0.3 is 0 Å². The molecule has 0 aliphatic carbocycles. The number of halogens is 2. The van der Waals surface area contributed by atoms with Gasteiger partial charge in [0, 0.05) is 22.9 Å². The first-order valence-electron chi connectivity index (χ1n) is 4.93. The summed E-state index contributed by atoms with van der Waals surface area (Å²) in [7, 11) is 0. The Morgan fingerprint density at radius 1 is 1.44 bits per heavy atom. The fraction of sp³-hybridized carbons (Fsp3) is 0.273. The first kappa shape index (κ1) is 11.1. The molecule has 16 heavy (non-hydrogen) atoms. The Morgan fingerprint density at radius 3 is 2.88 bits per heavy atom. The number of nitrogens with two attached hydrogens (primary N) is 1. The lowest BCUT2D eigenvalue weighted by molar-refractivity contribution is 0.623. The van der Waals surface area contributed by atoms with Gasteiger partial charge in [0.1, 0.15) is 11.7 Å². The van der Waals surface area contributed by atoms with E-state index in [2.05, 4.69) is 10.2 Å². The summed E-state index contributed by atoms with van der Waals surface area (Å²) in [4.78, 5) is 0. The van der Waals surface area contributed by atoms with Crippen LogP contribution in [0.3, 0.4) is 0 Å². The molecule has 1 aromatic carbocycles. The third-order valence-corrected chi connectivity index (χ3v) is 2.77. The second-order valence-electron chi connectivity index (χ2n) is 3.80. The van der Waals surface area contributed by atoms with Crippen LogP contribution in [0.5, 0.6) is 0 Å². The minimum absolute atomic E-state index is 0.0749. The Bertz CT molecular complexity index is 482. The molecular formula is C11H11ClFN3. The molecule has 0 saturated carbocycles. The third kappa shape index (κ3) is 2.07. The van der Waals surface area contributed by atoms with E-state index in [-0.39, 0.29) is 11.7 Å². The average Bonchev–Trinajstić information content (AvgIpc) is 2.26. The first-order chi connectivity index (χ1) is 7.58. The molecule has 1 heterocycles. The lowest BCUT2D eigenvalue weighted by Crippen LogP contribution is -2.27. The van der Waals surface area contributed by atoms with E-state index in [0.29, 0.717) is 28.6 Å². The van der Waals surface area contributed by atoms with E-state index < -0.39 is 0 Å². The fourth-order valence-electron chi connectivity index (χ4n) is 1.53. The highest BCUT2D eigenvalue weighted by molar-refractivity contribution is 6.31. The van der Waals surface area contributed by atoms with E-state index in [1.165, 1.54) is 12.1 Å². The Labute approximate surface area is 97.8 Å². The van der Waals surface area contributed by atoms with Gasteiger partial charge in [-0.3, -0.25) is 0 Å². The number of amidine groups is 1. The van der Waals surface area contributed by atoms with Gasteiger partial charge in [-0.2, -0.15) is 5.10 Å². The number of nitrogens with zero attached hydrogens (tertiary/aromatic N) is 2. The quantitative estimate of drug-likeness (QED) is 0.805. The van der Waals surface area contributed by atoms with Crippen LogP contribution in [-0.2, 0) is 0 Å².